The third-order valence-corrected chi connectivity index (χ3v) is 14.0. The summed E-state index contributed by atoms with van der Waals surface area (Å²) in [4.78, 5) is 93.2. The number of hydrogen-bond acceptors (Lipinski definition) is 12. The van der Waals surface area contributed by atoms with Crippen LogP contribution in [0.4, 0.5) is 11.5 Å². The predicted molar refractivity (Wildman–Crippen MR) is 255 cm³/mol. The number of fused-ring (bicyclic) bond motifs is 2. The van der Waals surface area contributed by atoms with Crippen molar-refractivity contribution in [3.63, 3.8) is 0 Å². The van der Waals surface area contributed by atoms with Gasteiger partial charge in [-0.15, -0.1) is 0 Å². The number of hydrogen-bond donors (Lipinski definition) is 3. The highest BCUT2D eigenvalue weighted by atomic mass is 35.5. The molecule has 4 aliphatic rings. The molecule has 3 saturated heterocycles. The van der Waals surface area contributed by atoms with E-state index in [0.29, 0.717) is 80.0 Å². The molecule has 0 aliphatic carbocycles. The Hall–Kier alpha value is -6.59. The van der Waals surface area contributed by atoms with E-state index in [-0.39, 0.29) is 41.7 Å². The van der Waals surface area contributed by atoms with E-state index < -0.39 is 41.2 Å². The standard InChI is InChI=1S/C49H52Cl2N10O7/c1-28(44-36(50)25-52-26-37(44)51)68-32-6-8-38-35(22-32)45(57-56-38)30-4-10-40(53-24-30)59-16-18-60(19-17-59)43(64)23-49(2,3)27-54-42(63)20-29-12-14-58(15-13-29)31-5-7-33-34(21-31)48(67)61(47(33)66)39-9-11-41(62)55-46(39)65/h4-8,10,21-22,24-26,28-29,39H,9,11-20,23,27H2,1-3H3,(H,54,63)(H,56,57)(H,55,62,65)/t28-,39?/m1/s1. The smallest absolute Gasteiger partial charge is 0.262 e. The summed E-state index contributed by atoms with van der Waals surface area (Å²) < 4.78 is 6.24. The zero-order chi connectivity index (χ0) is 47.9. The van der Waals surface area contributed by atoms with E-state index in [1.54, 1.807) is 30.7 Å². The van der Waals surface area contributed by atoms with Gasteiger partial charge in [-0.2, -0.15) is 5.10 Å². The minimum absolute atomic E-state index is 0.0476. The molecule has 0 radical (unpaired) electrons. The maximum atomic E-state index is 13.5. The first-order valence-electron chi connectivity index (χ1n) is 22.9. The number of halogens is 2. The fourth-order valence-electron chi connectivity index (χ4n) is 9.56. The van der Waals surface area contributed by atoms with E-state index in [1.165, 1.54) is 0 Å². The molecule has 3 N–H and O–H groups in total. The Kier molecular flexibility index (Phi) is 13.1. The number of anilines is 2. The van der Waals surface area contributed by atoms with Crippen molar-refractivity contribution in [3.05, 3.63) is 93.9 Å². The van der Waals surface area contributed by atoms with Gasteiger partial charge in [0.15, 0.2) is 0 Å². The van der Waals surface area contributed by atoms with Gasteiger partial charge in [0.2, 0.25) is 23.6 Å². The number of rotatable bonds is 13. The number of carbonyl (C=O) groups is 6. The van der Waals surface area contributed by atoms with Crippen molar-refractivity contribution in [2.45, 2.75) is 71.4 Å². The Labute approximate surface area is 402 Å². The number of pyridine rings is 2. The van der Waals surface area contributed by atoms with Crippen LogP contribution in [0.15, 0.2) is 67.1 Å². The number of nitrogens with zero attached hydrogens (tertiary/aromatic N) is 7. The molecule has 0 saturated carbocycles. The molecule has 5 aromatic rings. The fraction of sp³-hybridized carbons (Fsp3) is 0.408. The predicted octanol–water partition coefficient (Wildman–Crippen LogP) is 6.36. The van der Waals surface area contributed by atoms with Crippen molar-refractivity contribution >= 4 is 81.1 Å². The largest absolute Gasteiger partial charge is 0.486 e. The van der Waals surface area contributed by atoms with Crippen LogP contribution in [-0.4, -0.2) is 117 Å². The van der Waals surface area contributed by atoms with E-state index in [4.69, 9.17) is 32.9 Å². The molecule has 0 bridgehead atoms. The van der Waals surface area contributed by atoms with Gasteiger partial charge in [0.05, 0.1) is 26.7 Å². The van der Waals surface area contributed by atoms with Crippen molar-refractivity contribution < 1.29 is 33.5 Å². The monoisotopic (exact) mass is 962 g/mol. The summed E-state index contributed by atoms with van der Waals surface area (Å²) in [5.74, 6) is -0.501. The van der Waals surface area contributed by atoms with Crippen LogP contribution >= 0.6 is 23.2 Å². The first-order chi connectivity index (χ1) is 32.6. The van der Waals surface area contributed by atoms with E-state index in [0.717, 1.165) is 51.4 Å². The van der Waals surface area contributed by atoms with E-state index >= 15 is 0 Å². The molecule has 7 heterocycles. The molecule has 0 spiro atoms. The zero-order valence-electron chi connectivity index (χ0n) is 38.0. The van der Waals surface area contributed by atoms with Crippen LogP contribution in [0, 0.1) is 11.3 Å². The Balaban J connectivity index is 0.708. The number of piperidine rings is 2. The Morgan fingerprint density at radius 3 is 2.31 bits per heavy atom. The molecule has 3 fully saturated rings. The van der Waals surface area contributed by atoms with Crippen LogP contribution in [-0.2, 0) is 19.2 Å². The lowest BCUT2D eigenvalue weighted by Crippen LogP contribution is -2.54. The van der Waals surface area contributed by atoms with Gasteiger partial charge in [0.1, 0.15) is 29.4 Å². The number of nitrogens with one attached hydrogen (secondary N) is 3. The van der Waals surface area contributed by atoms with Crippen molar-refractivity contribution in [1.82, 2.24) is 40.6 Å². The van der Waals surface area contributed by atoms with E-state index in [1.807, 2.05) is 62.1 Å². The second-order valence-corrected chi connectivity index (χ2v) is 19.6. The van der Waals surface area contributed by atoms with Gasteiger partial charge in [-0.1, -0.05) is 37.0 Å². The summed E-state index contributed by atoms with van der Waals surface area (Å²) in [6.45, 7) is 9.99. The van der Waals surface area contributed by atoms with Gasteiger partial charge in [0.25, 0.3) is 11.8 Å². The summed E-state index contributed by atoms with van der Waals surface area (Å²) in [6, 6.07) is 13.8. The molecule has 2 atom stereocenters. The zero-order valence-corrected chi connectivity index (χ0v) is 39.5. The molecular formula is C49H52Cl2N10O7. The number of ether oxygens (including phenoxy) is 1. The first-order valence-corrected chi connectivity index (χ1v) is 23.7. The van der Waals surface area contributed by atoms with Gasteiger partial charge in [-0.05, 0) is 86.1 Å². The van der Waals surface area contributed by atoms with Gasteiger partial charge >= 0.3 is 0 Å². The van der Waals surface area contributed by atoms with E-state index in [9.17, 15) is 28.8 Å². The Bertz CT molecular complexity index is 2780. The molecule has 17 nitrogen and oxygen atoms in total. The maximum absolute atomic E-state index is 13.5. The third-order valence-electron chi connectivity index (χ3n) is 13.4. The average molecular weight is 964 g/mol. The number of piperazine rings is 1. The minimum atomic E-state index is -1.01. The van der Waals surface area contributed by atoms with Crippen LogP contribution < -0.4 is 25.2 Å². The summed E-state index contributed by atoms with van der Waals surface area (Å²) in [7, 11) is 0. The molecule has 354 valence electrons. The first kappa shape index (κ1) is 46.5. The number of H-pyrrole nitrogens is 1. The molecule has 68 heavy (non-hydrogen) atoms. The summed E-state index contributed by atoms with van der Waals surface area (Å²) in [5, 5.41) is 14.7. The van der Waals surface area contributed by atoms with Crippen LogP contribution in [0.1, 0.15) is 91.7 Å². The number of benzene rings is 2. The van der Waals surface area contributed by atoms with Crippen LogP contribution in [0.2, 0.25) is 10.0 Å². The lowest BCUT2D eigenvalue weighted by Gasteiger charge is -2.37. The summed E-state index contributed by atoms with van der Waals surface area (Å²) >= 11 is 12.7. The molecular weight excluding hydrogens is 912 g/mol. The number of imide groups is 2. The van der Waals surface area contributed by atoms with E-state index in [2.05, 4.69) is 35.6 Å². The van der Waals surface area contributed by atoms with Crippen molar-refractivity contribution in [3.8, 4) is 17.0 Å². The summed E-state index contributed by atoms with van der Waals surface area (Å²) in [5.41, 5.74) is 3.93. The Morgan fingerprint density at radius 2 is 1.60 bits per heavy atom. The van der Waals surface area contributed by atoms with Crippen molar-refractivity contribution in [2.75, 3.05) is 55.6 Å². The molecule has 9 rings (SSSR count). The minimum Gasteiger partial charge on any atom is -0.486 e. The van der Waals surface area contributed by atoms with Crippen LogP contribution in [0.25, 0.3) is 22.2 Å². The third kappa shape index (κ3) is 9.72. The van der Waals surface area contributed by atoms with Gasteiger partial charge in [0, 0.05) is 106 Å². The highest BCUT2D eigenvalue weighted by Gasteiger charge is 2.45. The quantitative estimate of drug-likeness (QED) is 0.111. The molecule has 6 amide bonds. The SMILES string of the molecule is C[C@@H](Oc1ccc2[nH]nc(-c3ccc(N4CCN(C(=O)CC(C)(C)CNC(=O)CC5CCN(c6ccc7c(c6)C(=O)N(C6CCC(=O)NC6=O)C7=O)CC5)CC4)nc3)c2c1)c1c(Cl)cncc1Cl. The van der Waals surface area contributed by atoms with Crippen molar-refractivity contribution in [2.24, 2.45) is 11.3 Å². The summed E-state index contributed by atoms with van der Waals surface area (Å²) in [6.07, 6.45) is 6.85. The molecule has 1 unspecified atom stereocenters. The highest BCUT2D eigenvalue weighted by Crippen LogP contribution is 2.36. The number of aromatic nitrogens is 4. The Morgan fingerprint density at radius 1 is 0.868 bits per heavy atom. The number of aromatic amines is 1. The van der Waals surface area contributed by atoms with Crippen molar-refractivity contribution in [1.29, 1.82) is 0 Å². The fourth-order valence-corrected chi connectivity index (χ4v) is 10.2. The second kappa shape index (κ2) is 19.2. The normalized spacial score (nSPS) is 18.5. The van der Waals surface area contributed by atoms with Gasteiger partial charge in [-0.3, -0.25) is 49.1 Å². The topological polar surface area (TPSA) is 203 Å². The van der Waals surface area contributed by atoms with Crippen LogP contribution in [0.5, 0.6) is 5.75 Å². The van der Waals surface area contributed by atoms with Gasteiger partial charge < -0.3 is 24.8 Å². The average Bonchev–Trinajstić information content (AvgIpc) is 3.85. The molecule has 3 aromatic heterocycles. The lowest BCUT2D eigenvalue weighted by atomic mass is 9.88. The maximum Gasteiger partial charge on any atom is 0.262 e. The molecule has 2 aromatic carbocycles. The van der Waals surface area contributed by atoms with Crippen LogP contribution in [0.3, 0.4) is 0 Å². The van der Waals surface area contributed by atoms with Gasteiger partial charge in [-0.25, -0.2) is 4.98 Å². The second-order valence-electron chi connectivity index (χ2n) is 18.8. The lowest BCUT2D eigenvalue weighted by molar-refractivity contribution is -0.136. The number of amides is 6. The molecule has 4 aliphatic heterocycles. The number of carbonyl (C=O) groups excluding carboxylic acids is 6. The molecule has 19 heteroatoms. The highest BCUT2D eigenvalue weighted by molar-refractivity contribution is 6.35.